The van der Waals surface area contributed by atoms with E-state index in [-0.39, 0.29) is 23.7 Å². The van der Waals surface area contributed by atoms with E-state index in [9.17, 15) is 19.7 Å². The van der Waals surface area contributed by atoms with Crippen LogP contribution >= 0.6 is 0 Å². The van der Waals surface area contributed by atoms with Gasteiger partial charge >= 0.3 is 5.97 Å². The highest BCUT2D eigenvalue weighted by atomic mass is 16.6. The van der Waals surface area contributed by atoms with Crippen molar-refractivity contribution in [3.05, 3.63) is 27.8 Å². The maximum Gasteiger partial charge on any atom is 0.310 e. The van der Waals surface area contributed by atoms with Gasteiger partial charge in [0.15, 0.2) is 0 Å². The molecule has 2 rings (SSSR count). The Morgan fingerprint density at radius 2 is 2.15 bits per heavy atom. The van der Waals surface area contributed by atoms with Crippen LogP contribution < -0.4 is 9.64 Å². The first-order chi connectivity index (χ1) is 9.45. The molecule has 0 bridgehead atoms. The fourth-order valence-electron chi connectivity index (χ4n) is 2.24. The second-order valence-corrected chi connectivity index (χ2v) is 4.42. The first-order valence-electron chi connectivity index (χ1n) is 6.24. The van der Waals surface area contributed by atoms with Crippen molar-refractivity contribution in [3.63, 3.8) is 0 Å². The Kier molecular flexibility index (Phi) is 3.69. The van der Waals surface area contributed by atoms with Gasteiger partial charge in [-0.15, -0.1) is 0 Å². The molecule has 7 heteroatoms. The van der Waals surface area contributed by atoms with Gasteiger partial charge in [-0.05, 0) is 12.5 Å². The van der Waals surface area contributed by atoms with E-state index < -0.39 is 10.9 Å². The summed E-state index contributed by atoms with van der Waals surface area (Å²) < 4.78 is 5.17. The molecule has 1 heterocycles. The van der Waals surface area contributed by atoms with Crippen LogP contribution in [-0.2, 0) is 16.0 Å². The number of carbonyl (C=O) groups excluding carboxylic acids is 2. The summed E-state index contributed by atoms with van der Waals surface area (Å²) in [4.78, 5) is 34.8. The van der Waals surface area contributed by atoms with Crippen LogP contribution in [0, 0.1) is 10.1 Å². The van der Waals surface area contributed by atoms with Crippen molar-refractivity contribution in [1.29, 1.82) is 0 Å². The van der Waals surface area contributed by atoms with Gasteiger partial charge in [0.1, 0.15) is 11.4 Å². The molecule has 20 heavy (non-hydrogen) atoms. The molecule has 106 valence electrons. The molecule has 0 radical (unpaired) electrons. The van der Waals surface area contributed by atoms with Crippen LogP contribution in [0.5, 0.6) is 5.75 Å². The summed E-state index contributed by atoms with van der Waals surface area (Å²) in [5, 5.41) is 11.1. The Bertz CT molecular complexity index is 597. The van der Waals surface area contributed by atoms with E-state index in [1.807, 2.05) is 0 Å². The quantitative estimate of drug-likeness (QED) is 0.364. The molecule has 1 aromatic rings. The third kappa shape index (κ3) is 2.34. The minimum absolute atomic E-state index is 0.149. The number of nitrogens with zero attached hydrogens (tertiary/aromatic N) is 2. The summed E-state index contributed by atoms with van der Waals surface area (Å²) in [6, 6.07) is 2.67. The third-order valence-electron chi connectivity index (χ3n) is 3.16. The standard InChI is InChI=1S/C13H14N2O5/c1-3-12(17)20-11-5-4-10(15(18)19)13-9(11)6-7-14(13)8(2)16/h4-5H,3,6-7H2,1-2H3. The number of esters is 1. The summed E-state index contributed by atoms with van der Waals surface area (Å²) in [7, 11) is 0. The fourth-order valence-corrected chi connectivity index (χ4v) is 2.24. The van der Waals surface area contributed by atoms with Crippen LogP contribution in [-0.4, -0.2) is 23.3 Å². The Morgan fingerprint density at radius 1 is 1.45 bits per heavy atom. The maximum atomic E-state index is 11.6. The zero-order valence-corrected chi connectivity index (χ0v) is 11.2. The number of hydrogen-bond donors (Lipinski definition) is 0. The van der Waals surface area contributed by atoms with Crippen molar-refractivity contribution >= 4 is 23.3 Å². The first kappa shape index (κ1) is 14.0. The van der Waals surface area contributed by atoms with Gasteiger partial charge in [0.05, 0.1) is 4.92 Å². The predicted octanol–water partition coefficient (Wildman–Crippen LogP) is 1.82. The SMILES string of the molecule is CCC(=O)Oc1ccc([N+](=O)[O-])c2c1CCN2C(C)=O. The Morgan fingerprint density at radius 3 is 2.70 bits per heavy atom. The van der Waals surface area contributed by atoms with E-state index >= 15 is 0 Å². The molecule has 0 saturated heterocycles. The topological polar surface area (TPSA) is 89.8 Å². The minimum Gasteiger partial charge on any atom is -0.426 e. The Hall–Kier alpha value is -2.44. The number of fused-ring (bicyclic) bond motifs is 1. The largest absolute Gasteiger partial charge is 0.426 e. The molecule has 0 fully saturated rings. The minimum atomic E-state index is -0.536. The molecule has 0 spiro atoms. The van der Waals surface area contributed by atoms with E-state index in [1.54, 1.807) is 6.92 Å². The van der Waals surface area contributed by atoms with Gasteiger partial charge < -0.3 is 9.64 Å². The van der Waals surface area contributed by atoms with Crippen LogP contribution in [0.2, 0.25) is 0 Å². The highest BCUT2D eigenvalue weighted by Crippen LogP contribution is 2.42. The average molecular weight is 278 g/mol. The number of hydrogen-bond acceptors (Lipinski definition) is 5. The lowest BCUT2D eigenvalue weighted by molar-refractivity contribution is -0.384. The normalized spacial score (nSPS) is 13.0. The molecule has 0 saturated carbocycles. The maximum absolute atomic E-state index is 11.6. The molecule has 1 amide bonds. The molecule has 7 nitrogen and oxygen atoms in total. The molecular formula is C13H14N2O5. The monoisotopic (exact) mass is 278 g/mol. The lowest BCUT2D eigenvalue weighted by atomic mass is 10.1. The average Bonchev–Trinajstić information content (AvgIpc) is 2.83. The second kappa shape index (κ2) is 5.28. The number of rotatable bonds is 3. The van der Waals surface area contributed by atoms with E-state index in [2.05, 4.69) is 0 Å². The third-order valence-corrected chi connectivity index (χ3v) is 3.16. The molecule has 0 atom stereocenters. The van der Waals surface area contributed by atoms with Crippen LogP contribution in [0.1, 0.15) is 25.8 Å². The Labute approximate surface area is 115 Å². The van der Waals surface area contributed by atoms with Crippen LogP contribution in [0.15, 0.2) is 12.1 Å². The summed E-state index contributed by atoms with van der Waals surface area (Å²) in [6.45, 7) is 3.37. The molecule has 1 aliphatic heterocycles. The second-order valence-electron chi connectivity index (χ2n) is 4.42. The van der Waals surface area contributed by atoms with Gasteiger partial charge in [-0.2, -0.15) is 0 Å². The number of carbonyl (C=O) groups is 2. The van der Waals surface area contributed by atoms with Crippen LogP contribution in [0.25, 0.3) is 0 Å². The molecule has 1 aromatic carbocycles. The number of benzene rings is 1. The predicted molar refractivity (Wildman–Crippen MR) is 70.8 cm³/mol. The van der Waals surface area contributed by atoms with Crippen LogP contribution in [0.4, 0.5) is 11.4 Å². The lowest BCUT2D eigenvalue weighted by Gasteiger charge is -2.15. The summed E-state index contributed by atoms with van der Waals surface area (Å²) >= 11 is 0. The van der Waals surface area contributed by atoms with Crippen LogP contribution in [0.3, 0.4) is 0 Å². The first-order valence-corrected chi connectivity index (χ1v) is 6.24. The zero-order chi connectivity index (χ0) is 14.9. The molecular weight excluding hydrogens is 264 g/mol. The molecule has 0 unspecified atom stereocenters. The van der Waals surface area contributed by atoms with Crippen molar-refractivity contribution < 1.29 is 19.2 Å². The van der Waals surface area contributed by atoms with E-state index in [1.165, 1.54) is 24.0 Å². The van der Waals surface area contributed by atoms with Crippen molar-refractivity contribution in [2.24, 2.45) is 0 Å². The van der Waals surface area contributed by atoms with Gasteiger partial charge in [-0.3, -0.25) is 19.7 Å². The number of anilines is 1. The van der Waals surface area contributed by atoms with E-state index in [0.717, 1.165) is 0 Å². The van der Waals surface area contributed by atoms with Gasteiger partial charge in [0.2, 0.25) is 5.91 Å². The number of ether oxygens (including phenoxy) is 1. The summed E-state index contributed by atoms with van der Waals surface area (Å²) in [5.41, 5.74) is 0.629. The van der Waals surface area contributed by atoms with E-state index in [4.69, 9.17) is 4.74 Å². The van der Waals surface area contributed by atoms with Gasteiger partial charge in [0, 0.05) is 31.5 Å². The molecule has 0 N–H and O–H groups in total. The van der Waals surface area contributed by atoms with Gasteiger partial charge in [0.25, 0.3) is 5.69 Å². The summed E-state index contributed by atoms with van der Waals surface area (Å²) in [5.74, 6) is -0.394. The molecule has 0 aromatic heterocycles. The van der Waals surface area contributed by atoms with Gasteiger partial charge in [-0.1, -0.05) is 6.92 Å². The van der Waals surface area contributed by atoms with Crippen molar-refractivity contribution in [3.8, 4) is 5.75 Å². The zero-order valence-electron chi connectivity index (χ0n) is 11.2. The Balaban J connectivity index is 2.54. The fraction of sp³-hybridized carbons (Fsp3) is 0.385. The van der Waals surface area contributed by atoms with Crippen molar-refractivity contribution in [2.45, 2.75) is 26.7 Å². The van der Waals surface area contributed by atoms with Gasteiger partial charge in [-0.25, -0.2) is 0 Å². The lowest BCUT2D eigenvalue weighted by Crippen LogP contribution is -2.26. The number of nitro benzene ring substituents is 1. The number of nitro groups is 1. The van der Waals surface area contributed by atoms with Crippen molar-refractivity contribution in [2.75, 3.05) is 11.4 Å². The van der Waals surface area contributed by atoms with E-state index in [0.29, 0.717) is 24.3 Å². The van der Waals surface area contributed by atoms with Crippen molar-refractivity contribution in [1.82, 2.24) is 0 Å². The summed E-state index contributed by atoms with van der Waals surface area (Å²) in [6.07, 6.45) is 0.644. The molecule has 0 aliphatic carbocycles. The highest BCUT2D eigenvalue weighted by molar-refractivity contribution is 5.97. The number of amides is 1. The molecule has 1 aliphatic rings. The highest BCUT2D eigenvalue weighted by Gasteiger charge is 2.33. The smallest absolute Gasteiger partial charge is 0.310 e.